The van der Waals surface area contributed by atoms with Crippen molar-refractivity contribution in [1.82, 2.24) is 0 Å². The summed E-state index contributed by atoms with van der Waals surface area (Å²) >= 11 is 0. The third-order valence-electron chi connectivity index (χ3n) is 7.81. The molecule has 0 amide bonds. The SMILES string of the molecule is C=C(COC(=O)CCCCCCCCCCCCCCCCC)C(=O)OCCOCCOCCOCCOCCOCCOCCOCCOC. The molecule has 0 aromatic carbocycles. The number of unbranched alkanes of at least 4 members (excludes halogenated alkanes) is 14. The first-order valence-corrected chi connectivity index (χ1v) is 19.6. The standard InChI is InChI=1S/C39H74O12/c1-4-5-6-7-8-9-10-11-12-13-14-15-16-17-18-19-38(40)51-36-37(2)39(41)50-35-34-49-33-32-48-31-30-47-29-28-46-27-26-45-25-24-44-23-22-43-21-20-42-3/h2,4-36H2,1,3H3. The first-order chi connectivity index (χ1) is 25.1. The van der Waals surface area contributed by atoms with Gasteiger partial charge in [0.25, 0.3) is 0 Å². The highest BCUT2D eigenvalue weighted by molar-refractivity contribution is 5.88. The molecular formula is C39H74O12. The molecular weight excluding hydrogens is 660 g/mol. The lowest BCUT2D eigenvalue weighted by atomic mass is 10.0. The average Bonchev–Trinajstić information content (AvgIpc) is 3.13. The lowest BCUT2D eigenvalue weighted by molar-refractivity contribution is -0.145. The Morgan fingerprint density at radius 3 is 1.08 bits per heavy atom. The van der Waals surface area contributed by atoms with Crippen LogP contribution in [0.2, 0.25) is 0 Å². The van der Waals surface area contributed by atoms with Crippen molar-refractivity contribution in [3.63, 3.8) is 0 Å². The molecule has 302 valence electrons. The summed E-state index contributed by atoms with van der Waals surface area (Å²) in [4.78, 5) is 24.1. The topological polar surface area (TPSA) is 126 Å². The van der Waals surface area contributed by atoms with Gasteiger partial charge in [-0.1, -0.05) is 103 Å². The fourth-order valence-electron chi connectivity index (χ4n) is 4.80. The summed E-state index contributed by atoms with van der Waals surface area (Å²) in [7, 11) is 1.64. The molecule has 0 saturated carbocycles. The number of hydrogen-bond acceptors (Lipinski definition) is 12. The van der Waals surface area contributed by atoms with Gasteiger partial charge >= 0.3 is 11.9 Å². The van der Waals surface area contributed by atoms with Crippen molar-refractivity contribution in [3.8, 4) is 0 Å². The van der Waals surface area contributed by atoms with Crippen molar-refractivity contribution in [2.45, 2.75) is 110 Å². The minimum atomic E-state index is -0.593. The van der Waals surface area contributed by atoms with Crippen LogP contribution < -0.4 is 0 Å². The van der Waals surface area contributed by atoms with E-state index in [1.54, 1.807) is 7.11 Å². The zero-order chi connectivity index (χ0) is 37.1. The second-order valence-corrected chi connectivity index (χ2v) is 12.4. The molecule has 0 radical (unpaired) electrons. The van der Waals surface area contributed by atoms with Crippen LogP contribution in [-0.2, 0) is 57.0 Å². The number of carbonyl (C=O) groups is 2. The molecule has 0 unspecified atom stereocenters. The maximum Gasteiger partial charge on any atom is 0.336 e. The van der Waals surface area contributed by atoms with Gasteiger partial charge in [-0.2, -0.15) is 0 Å². The quantitative estimate of drug-likeness (QED) is 0.0378. The molecule has 0 heterocycles. The number of carbonyl (C=O) groups excluding carboxylic acids is 2. The minimum Gasteiger partial charge on any atom is -0.461 e. The van der Waals surface area contributed by atoms with Crippen LogP contribution in [-0.4, -0.2) is 131 Å². The van der Waals surface area contributed by atoms with Crippen LogP contribution in [0.15, 0.2) is 12.2 Å². The van der Waals surface area contributed by atoms with Crippen LogP contribution in [0.3, 0.4) is 0 Å². The van der Waals surface area contributed by atoms with Crippen LogP contribution in [0.5, 0.6) is 0 Å². The molecule has 0 atom stereocenters. The van der Waals surface area contributed by atoms with Gasteiger partial charge in [0.2, 0.25) is 0 Å². The maximum absolute atomic E-state index is 12.1. The fourth-order valence-corrected chi connectivity index (χ4v) is 4.80. The summed E-state index contributed by atoms with van der Waals surface area (Å²) in [5.41, 5.74) is 0.111. The first kappa shape index (κ1) is 49.4. The molecule has 0 bridgehead atoms. The van der Waals surface area contributed by atoms with Gasteiger partial charge in [-0.3, -0.25) is 4.79 Å². The Kier molecular flexibility index (Phi) is 41.4. The van der Waals surface area contributed by atoms with Crippen LogP contribution in [0.1, 0.15) is 110 Å². The van der Waals surface area contributed by atoms with Crippen molar-refractivity contribution in [2.75, 3.05) is 119 Å². The molecule has 0 fully saturated rings. The van der Waals surface area contributed by atoms with Crippen molar-refractivity contribution in [1.29, 1.82) is 0 Å². The highest BCUT2D eigenvalue weighted by Gasteiger charge is 2.11. The Labute approximate surface area is 309 Å². The van der Waals surface area contributed by atoms with Crippen LogP contribution in [0.4, 0.5) is 0 Å². The molecule has 0 aliphatic heterocycles. The molecule has 0 saturated heterocycles. The van der Waals surface area contributed by atoms with Gasteiger partial charge in [0.15, 0.2) is 0 Å². The summed E-state index contributed by atoms with van der Waals surface area (Å²) in [6.45, 7) is 13.0. The van der Waals surface area contributed by atoms with Crippen molar-refractivity contribution < 1.29 is 57.0 Å². The van der Waals surface area contributed by atoms with Crippen molar-refractivity contribution in [2.24, 2.45) is 0 Å². The van der Waals surface area contributed by atoms with E-state index in [1.165, 1.54) is 77.0 Å². The predicted molar refractivity (Wildman–Crippen MR) is 198 cm³/mol. The number of ether oxygens (including phenoxy) is 10. The van der Waals surface area contributed by atoms with Crippen molar-refractivity contribution in [3.05, 3.63) is 12.2 Å². The van der Waals surface area contributed by atoms with E-state index in [1.807, 2.05) is 0 Å². The van der Waals surface area contributed by atoms with Gasteiger partial charge in [-0.25, -0.2) is 4.79 Å². The molecule has 0 N–H and O–H groups in total. The van der Waals surface area contributed by atoms with Gasteiger partial charge in [0, 0.05) is 13.5 Å². The Balaban J connectivity index is 3.34. The summed E-state index contributed by atoms with van der Waals surface area (Å²) in [5, 5.41) is 0. The Hall–Kier alpha value is -1.64. The van der Waals surface area contributed by atoms with E-state index < -0.39 is 5.97 Å². The highest BCUT2D eigenvalue weighted by atomic mass is 16.6. The van der Waals surface area contributed by atoms with E-state index >= 15 is 0 Å². The third kappa shape index (κ3) is 41.0. The molecule has 0 rings (SSSR count). The van der Waals surface area contributed by atoms with E-state index in [0.29, 0.717) is 98.9 Å². The number of rotatable bonds is 43. The maximum atomic E-state index is 12.1. The zero-order valence-electron chi connectivity index (χ0n) is 32.4. The van der Waals surface area contributed by atoms with E-state index in [-0.39, 0.29) is 31.4 Å². The molecule has 51 heavy (non-hydrogen) atoms. The smallest absolute Gasteiger partial charge is 0.336 e. The minimum absolute atomic E-state index is 0.0813. The zero-order valence-corrected chi connectivity index (χ0v) is 32.4. The van der Waals surface area contributed by atoms with E-state index in [9.17, 15) is 9.59 Å². The summed E-state index contributed by atoms with van der Waals surface area (Å²) in [5.74, 6) is -0.902. The summed E-state index contributed by atoms with van der Waals surface area (Å²) in [6, 6.07) is 0. The lowest BCUT2D eigenvalue weighted by Gasteiger charge is -2.09. The molecule has 0 aromatic heterocycles. The Morgan fingerprint density at radius 2 is 0.725 bits per heavy atom. The molecule has 12 heteroatoms. The highest BCUT2D eigenvalue weighted by Crippen LogP contribution is 2.14. The van der Waals surface area contributed by atoms with Crippen molar-refractivity contribution >= 4 is 11.9 Å². The lowest BCUT2D eigenvalue weighted by Crippen LogP contribution is -2.18. The number of hydrogen-bond donors (Lipinski definition) is 0. The van der Waals surface area contributed by atoms with Gasteiger partial charge in [-0.15, -0.1) is 0 Å². The number of methoxy groups -OCH3 is 1. The molecule has 0 aromatic rings. The largest absolute Gasteiger partial charge is 0.461 e. The van der Waals surface area contributed by atoms with Gasteiger partial charge in [0.05, 0.1) is 105 Å². The molecule has 0 aliphatic rings. The van der Waals surface area contributed by atoms with Crippen LogP contribution in [0.25, 0.3) is 0 Å². The van der Waals surface area contributed by atoms with Gasteiger partial charge < -0.3 is 47.4 Å². The average molecular weight is 735 g/mol. The summed E-state index contributed by atoms with van der Waals surface area (Å²) in [6.07, 6.45) is 19.5. The fraction of sp³-hybridized carbons (Fsp3) is 0.897. The van der Waals surface area contributed by atoms with E-state index in [4.69, 9.17) is 47.4 Å². The monoisotopic (exact) mass is 735 g/mol. The number of esters is 2. The normalized spacial score (nSPS) is 11.3. The van der Waals surface area contributed by atoms with Crippen LogP contribution >= 0.6 is 0 Å². The Bertz CT molecular complexity index is 752. The van der Waals surface area contributed by atoms with E-state index in [2.05, 4.69) is 13.5 Å². The Morgan fingerprint density at radius 1 is 0.412 bits per heavy atom. The first-order valence-electron chi connectivity index (χ1n) is 19.6. The molecule has 12 nitrogen and oxygen atoms in total. The van der Waals surface area contributed by atoms with Crippen LogP contribution in [0, 0.1) is 0 Å². The van der Waals surface area contributed by atoms with Gasteiger partial charge in [-0.05, 0) is 6.42 Å². The third-order valence-corrected chi connectivity index (χ3v) is 7.81. The van der Waals surface area contributed by atoms with Gasteiger partial charge in [0.1, 0.15) is 13.2 Å². The van der Waals surface area contributed by atoms with E-state index in [0.717, 1.165) is 19.3 Å². The second kappa shape index (κ2) is 42.8. The predicted octanol–water partition coefficient (Wildman–Crippen LogP) is 6.65. The molecule has 0 aliphatic carbocycles. The summed E-state index contributed by atoms with van der Waals surface area (Å²) < 4.78 is 53.1. The molecule has 0 spiro atoms. The second-order valence-electron chi connectivity index (χ2n) is 12.4.